The molecule has 2 aromatic rings. The van der Waals surface area contributed by atoms with Crippen LogP contribution in [-0.2, 0) is 0 Å². The van der Waals surface area contributed by atoms with Crippen molar-refractivity contribution in [3.8, 4) is 0 Å². The highest BCUT2D eigenvalue weighted by Crippen LogP contribution is 2.53. The molecule has 108 valence electrons. The molecule has 0 spiro atoms. The third kappa shape index (κ3) is 2.09. The summed E-state index contributed by atoms with van der Waals surface area (Å²) in [5.41, 5.74) is 5.88. The van der Waals surface area contributed by atoms with Crippen molar-refractivity contribution in [2.24, 2.45) is 11.8 Å². The van der Waals surface area contributed by atoms with Crippen LogP contribution in [0.25, 0.3) is 16.5 Å². The predicted octanol–water partition coefficient (Wildman–Crippen LogP) is 3.98. The van der Waals surface area contributed by atoms with Crippen molar-refractivity contribution in [1.82, 2.24) is 9.88 Å². The zero-order valence-corrected chi connectivity index (χ0v) is 12.8. The molecule has 2 nitrogen and oxygen atoms in total. The van der Waals surface area contributed by atoms with Crippen molar-refractivity contribution in [1.29, 1.82) is 0 Å². The van der Waals surface area contributed by atoms with Crippen LogP contribution in [0.1, 0.15) is 24.8 Å². The molecule has 21 heavy (non-hydrogen) atoms. The molecule has 1 heterocycles. The first-order valence-electron chi connectivity index (χ1n) is 7.96. The molecule has 2 bridgehead atoms. The Balaban J connectivity index is 1.91. The third-order valence-corrected chi connectivity index (χ3v) is 5.10. The number of aromatic nitrogens is 1. The van der Waals surface area contributed by atoms with E-state index in [1.807, 2.05) is 6.20 Å². The zero-order chi connectivity index (χ0) is 14.4. The van der Waals surface area contributed by atoms with Crippen molar-refractivity contribution in [2.45, 2.75) is 19.3 Å². The van der Waals surface area contributed by atoms with Crippen LogP contribution in [0.15, 0.2) is 42.1 Å². The van der Waals surface area contributed by atoms with Gasteiger partial charge >= 0.3 is 0 Å². The van der Waals surface area contributed by atoms with Gasteiger partial charge in [0.05, 0.1) is 5.52 Å². The first-order chi connectivity index (χ1) is 10.2. The summed E-state index contributed by atoms with van der Waals surface area (Å²) in [5, 5.41) is 1.32. The number of nitrogens with zero attached hydrogens (tertiary/aromatic N) is 2. The zero-order valence-electron chi connectivity index (χ0n) is 12.8. The van der Waals surface area contributed by atoms with Crippen LogP contribution in [0.4, 0.5) is 0 Å². The summed E-state index contributed by atoms with van der Waals surface area (Å²) in [6, 6.07) is 10.9. The Hall–Kier alpha value is -1.67. The lowest BCUT2D eigenvalue weighted by atomic mass is 9.85. The molecule has 0 N–H and O–H groups in total. The van der Waals surface area contributed by atoms with E-state index in [2.05, 4.69) is 54.3 Å². The van der Waals surface area contributed by atoms with E-state index in [9.17, 15) is 0 Å². The maximum Gasteiger partial charge on any atom is 0.0708 e. The first-order valence-corrected chi connectivity index (χ1v) is 7.96. The topological polar surface area (TPSA) is 16.1 Å². The van der Waals surface area contributed by atoms with E-state index >= 15 is 0 Å². The van der Waals surface area contributed by atoms with E-state index in [1.54, 1.807) is 11.1 Å². The summed E-state index contributed by atoms with van der Waals surface area (Å²) in [4.78, 5) is 6.85. The largest absolute Gasteiger partial charge is 0.305 e. The van der Waals surface area contributed by atoms with Gasteiger partial charge in [-0.25, -0.2) is 0 Å². The Bertz CT molecular complexity index is 709. The highest BCUT2D eigenvalue weighted by Gasteiger charge is 2.39. The average molecular weight is 278 g/mol. The summed E-state index contributed by atoms with van der Waals surface area (Å²) in [6.07, 6.45) is 6.02. The third-order valence-electron chi connectivity index (χ3n) is 5.10. The second kappa shape index (κ2) is 4.96. The number of allylic oxidation sites excluding steroid dienone is 1. The summed E-state index contributed by atoms with van der Waals surface area (Å²) >= 11 is 0. The minimum Gasteiger partial charge on any atom is -0.305 e. The van der Waals surface area contributed by atoms with Crippen LogP contribution in [0.5, 0.6) is 0 Å². The van der Waals surface area contributed by atoms with Gasteiger partial charge in [0.1, 0.15) is 0 Å². The molecular formula is C19H22N2. The minimum absolute atomic E-state index is 0.774. The molecule has 2 unspecified atom stereocenters. The summed E-state index contributed by atoms with van der Waals surface area (Å²) in [6.45, 7) is 1.10. The molecule has 1 aromatic carbocycles. The number of hydrogen-bond donors (Lipinski definition) is 0. The lowest BCUT2D eigenvalue weighted by Crippen LogP contribution is -2.19. The number of hydrogen-bond acceptors (Lipinski definition) is 2. The molecule has 1 aromatic heterocycles. The van der Waals surface area contributed by atoms with Crippen molar-refractivity contribution in [3.05, 3.63) is 47.7 Å². The van der Waals surface area contributed by atoms with Gasteiger partial charge < -0.3 is 4.90 Å². The van der Waals surface area contributed by atoms with Crippen molar-refractivity contribution in [2.75, 3.05) is 20.6 Å². The number of benzene rings is 1. The fourth-order valence-electron chi connectivity index (χ4n) is 4.33. The summed E-state index contributed by atoms with van der Waals surface area (Å²) < 4.78 is 0. The van der Waals surface area contributed by atoms with E-state index in [4.69, 9.17) is 0 Å². The summed E-state index contributed by atoms with van der Waals surface area (Å²) in [5.74, 6) is 1.59. The molecular weight excluding hydrogens is 256 g/mol. The molecule has 2 heteroatoms. The minimum atomic E-state index is 0.774. The Morgan fingerprint density at radius 2 is 1.95 bits per heavy atom. The smallest absolute Gasteiger partial charge is 0.0708 e. The Kier molecular flexibility index (Phi) is 3.07. The Labute approximate surface area is 126 Å². The number of pyridine rings is 1. The van der Waals surface area contributed by atoms with Gasteiger partial charge in [-0.05, 0) is 74.0 Å². The monoisotopic (exact) mass is 278 g/mol. The highest BCUT2D eigenvalue weighted by atomic mass is 15.1. The predicted molar refractivity (Wildman–Crippen MR) is 88.0 cm³/mol. The fraction of sp³-hybridized carbons (Fsp3) is 0.421. The molecule has 0 radical (unpaired) electrons. The highest BCUT2D eigenvalue weighted by molar-refractivity contribution is 5.93. The van der Waals surface area contributed by atoms with Gasteiger partial charge in [-0.15, -0.1) is 0 Å². The standard InChI is InChI=1S/C19H22N2/c1-21(2)12-17-13-8-9-14(11-13)19(17)16-5-3-7-18-15(16)6-4-10-20-18/h3-7,10,13-14H,8-9,11-12H2,1-2H3. The summed E-state index contributed by atoms with van der Waals surface area (Å²) in [7, 11) is 4.36. The van der Waals surface area contributed by atoms with Crippen molar-refractivity contribution < 1.29 is 0 Å². The Morgan fingerprint density at radius 3 is 2.81 bits per heavy atom. The van der Waals surface area contributed by atoms with Gasteiger partial charge in [-0.1, -0.05) is 18.2 Å². The molecule has 1 fully saturated rings. The van der Waals surface area contributed by atoms with Gasteiger partial charge in [-0.2, -0.15) is 0 Å². The quantitative estimate of drug-likeness (QED) is 0.844. The van der Waals surface area contributed by atoms with Crippen LogP contribution >= 0.6 is 0 Å². The lowest BCUT2D eigenvalue weighted by molar-refractivity contribution is 0.423. The molecule has 0 aliphatic heterocycles. The van der Waals surface area contributed by atoms with Crippen LogP contribution in [0.2, 0.25) is 0 Å². The van der Waals surface area contributed by atoms with Crippen LogP contribution < -0.4 is 0 Å². The maximum absolute atomic E-state index is 4.53. The van der Waals surface area contributed by atoms with Gasteiger partial charge in [0.2, 0.25) is 0 Å². The van der Waals surface area contributed by atoms with Crippen LogP contribution in [0.3, 0.4) is 0 Å². The van der Waals surface area contributed by atoms with Gasteiger partial charge in [0.25, 0.3) is 0 Å². The molecule has 2 aliphatic rings. The van der Waals surface area contributed by atoms with Crippen LogP contribution in [0, 0.1) is 11.8 Å². The van der Waals surface area contributed by atoms with E-state index in [0.717, 1.165) is 23.9 Å². The molecule has 2 aliphatic carbocycles. The van der Waals surface area contributed by atoms with Gasteiger partial charge in [-0.3, -0.25) is 4.98 Å². The normalized spacial score (nSPS) is 24.5. The molecule has 4 rings (SSSR count). The number of rotatable bonds is 3. The van der Waals surface area contributed by atoms with E-state index in [-0.39, 0.29) is 0 Å². The van der Waals surface area contributed by atoms with Gasteiger partial charge in [0, 0.05) is 18.1 Å². The van der Waals surface area contributed by atoms with Gasteiger partial charge in [0.15, 0.2) is 0 Å². The van der Waals surface area contributed by atoms with Crippen LogP contribution in [-0.4, -0.2) is 30.5 Å². The number of likely N-dealkylation sites (N-methyl/N-ethyl adjacent to an activating group) is 1. The van der Waals surface area contributed by atoms with E-state index in [1.165, 1.54) is 30.2 Å². The second-order valence-corrected chi connectivity index (χ2v) is 6.76. The Morgan fingerprint density at radius 1 is 1.10 bits per heavy atom. The molecule has 1 saturated carbocycles. The molecule has 2 atom stereocenters. The SMILES string of the molecule is CN(C)CC1=C(c2cccc3ncccc23)C2CCC1C2. The first kappa shape index (κ1) is 13.0. The maximum atomic E-state index is 4.53. The van der Waals surface area contributed by atoms with E-state index < -0.39 is 0 Å². The van der Waals surface area contributed by atoms with E-state index in [0.29, 0.717) is 0 Å². The average Bonchev–Trinajstić information content (AvgIpc) is 3.07. The lowest BCUT2D eigenvalue weighted by Gasteiger charge is -2.23. The number of fused-ring (bicyclic) bond motifs is 3. The van der Waals surface area contributed by atoms with Crippen molar-refractivity contribution >= 4 is 16.5 Å². The van der Waals surface area contributed by atoms with Crippen molar-refractivity contribution in [3.63, 3.8) is 0 Å². The fourth-order valence-corrected chi connectivity index (χ4v) is 4.33. The molecule has 0 amide bonds. The second-order valence-electron chi connectivity index (χ2n) is 6.76. The molecule has 0 saturated heterocycles.